The van der Waals surface area contributed by atoms with Crippen LogP contribution in [0.3, 0.4) is 0 Å². The molecule has 1 aromatic carbocycles. The summed E-state index contributed by atoms with van der Waals surface area (Å²) < 4.78 is 1.91. The van der Waals surface area contributed by atoms with Gasteiger partial charge in [-0.25, -0.2) is 9.50 Å². The third kappa shape index (κ3) is 2.19. The third-order valence-corrected chi connectivity index (χ3v) is 4.30. The fourth-order valence-corrected chi connectivity index (χ4v) is 3.07. The van der Waals surface area contributed by atoms with Crippen molar-refractivity contribution in [2.75, 3.05) is 0 Å². The Morgan fingerprint density at radius 1 is 1.22 bits per heavy atom. The molecule has 0 aliphatic carbocycles. The number of benzene rings is 1. The third-order valence-electron chi connectivity index (χ3n) is 4.01. The second kappa shape index (κ2) is 5.06. The van der Waals surface area contributed by atoms with E-state index in [0.29, 0.717) is 5.02 Å². The van der Waals surface area contributed by atoms with Crippen LogP contribution in [0.5, 0.6) is 0 Å². The summed E-state index contributed by atoms with van der Waals surface area (Å²) in [6.07, 6.45) is 1.78. The normalized spacial score (nSPS) is 11.9. The van der Waals surface area contributed by atoms with E-state index in [1.807, 2.05) is 16.6 Å². The highest BCUT2D eigenvalue weighted by Crippen LogP contribution is 2.31. The van der Waals surface area contributed by atoms with Gasteiger partial charge in [-0.1, -0.05) is 31.5 Å². The van der Waals surface area contributed by atoms with Crippen LogP contribution in [0.2, 0.25) is 5.02 Å². The molecule has 3 heterocycles. The van der Waals surface area contributed by atoms with Crippen molar-refractivity contribution in [3.63, 3.8) is 0 Å². The first-order valence-electron chi connectivity index (χ1n) is 7.54. The van der Waals surface area contributed by atoms with Gasteiger partial charge in [-0.15, -0.1) is 0 Å². The van der Waals surface area contributed by atoms with Gasteiger partial charge in [0.15, 0.2) is 11.5 Å². The molecule has 0 unspecified atom stereocenters. The predicted molar refractivity (Wildman–Crippen MR) is 91.9 cm³/mol. The molecule has 4 aromatic rings. The molecule has 0 saturated heterocycles. The molecule has 0 amide bonds. The van der Waals surface area contributed by atoms with Gasteiger partial charge in [-0.05, 0) is 30.7 Å². The van der Waals surface area contributed by atoms with E-state index in [2.05, 4.69) is 53.2 Å². The van der Waals surface area contributed by atoms with Crippen molar-refractivity contribution in [1.82, 2.24) is 24.8 Å². The number of halogens is 1. The summed E-state index contributed by atoms with van der Waals surface area (Å²) in [4.78, 5) is 4.61. The zero-order chi connectivity index (χ0) is 16.1. The van der Waals surface area contributed by atoms with Crippen LogP contribution < -0.4 is 0 Å². The predicted octanol–water partition coefficient (Wildman–Crippen LogP) is 4.36. The van der Waals surface area contributed by atoms with Gasteiger partial charge in [0.2, 0.25) is 0 Å². The van der Waals surface area contributed by atoms with E-state index < -0.39 is 0 Å². The lowest BCUT2D eigenvalue weighted by Crippen LogP contribution is -1.98. The molecule has 0 fully saturated rings. The molecule has 0 radical (unpaired) electrons. The number of aryl methyl sites for hydroxylation is 1. The summed E-state index contributed by atoms with van der Waals surface area (Å²) in [5.41, 5.74) is 4.83. The van der Waals surface area contributed by atoms with Gasteiger partial charge in [0, 0.05) is 16.9 Å². The maximum Gasteiger partial charge on any atom is 0.156 e. The maximum absolute atomic E-state index is 6.40. The Balaban J connectivity index is 2.04. The molecule has 1 N–H and O–H groups in total. The number of pyridine rings is 1. The number of hydrogen-bond donors (Lipinski definition) is 1. The lowest BCUT2D eigenvalue weighted by atomic mass is 10.0. The van der Waals surface area contributed by atoms with Gasteiger partial charge in [-0.2, -0.15) is 10.2 Å². The molecule has 0 saturated carbocycles. The Morgan fingerprint density at radius 2 is 2.04 bits per heavy atom. The largest absolute Gasteiger partial charge is 0.276 e. The van der Waals surface area contributed by atoms with E-state index in [1.54, 1.807) is 6.20 Å². The average molecular weight is 326 g/mol. The fourth-order valence-electron chi connectivity index (χ4n) is 2.80. The number of aromatic nitrogens is 5. The van der Waals surface area contributed by atoms with Crippen LogP contribution in [-0.2, 0) is 0 Å². The zero-order valence-electron chi connectivity index (χ0n) is 13.1. The number of nitrogens with zero attached hydrogens (tertiary/aromatic N) is 4. The molecular formula is C17H16ClN5. The Bertz CT molecular complexity index is 1030. The molecule has 6 heteroatoms. The van der Waals surface area contributed by atoms with Crippen molar-refractivity contribution >= 4 is 28.2 Å². The van der Waals surface area contributed by atoms with Gasteiger partial charge in [0.25, 0.3) is 0 Å². The molecule has 0 atom stereocenters. The quantitative estimate of drug-likeness (QED) is 0.595. The van der Waals surface area contributed by atoms with E-state index in [-0.39, 0.29) is 5.92 Å². The van der Waals surface area contributed by atoms with Crippen molar-refractivity contribution in [3.8, 4) is 11.3 Å². The van der Waals surface area contributed by atoms with Gasteiger partial charge in [0.05, 0.1) is 22.4 Å². The Labute approximate surface area is 138 Å². The van der Waals surface area contributed by atoms with E-state index in [1.165, 1.54) is 0 Å². The standard InChI is InChI=1S/C17H16ClN5/c1-9(2)17-20-14-5-4-10(3)16(23(14)22-17)11-6-12-8-19-21-15(12)13(18)7-11/h4-9H,1-3H3,(H,19,21). The SMILES string of the molecule is Cc1ccc2nc(C(C)C)nn2c1-c1cc(Cl)c2[nH]ncc2c1. The van der Waals surface area contributed by atoms with Crippen molar-refractivity contribution in [2.24, 2.45) is 0 Å². The Hall–Kier alpha value is -2.40. The van der Waals surface area contributed by atoms with Crippen molar-refractivity contribution in [1.29, 1.82) is 0 Å². The molecule has 0 spiro atoms. The zero-order valence-corrected chi connectivity index (χ0v) is 13.9. The minimum atomic E-state index is 0.281. The first kappa shape index (κ1) is 14.2. The highest BCUT2D eigenvalue weighted by molar-refractivity contribution is 6.35. The highest BCUT2D eigenvalue weighted by Gasteiger charge is 2.15. The second-order valence-electron chi connectivity index (χ2n) is 6.05. The Kier molecular flexibility index (Phi) is 3.13. The number of H-pyrrole nitrogens is 1. The molecular weight excluding hydrogens is 310 g/mol. The molecule has 0 aliphatic heterocycles. The van der Waals surface area contributed by atoms with Crippen molar-refractivity contribution in [2.45, 2.75) is 26.7 Å². The van der Waals surface area contributed by atoms with E-state index in [9.17, 15) is 0 Å². The summed E-state index contributed by atoms with van der Waals surface area (Å²) in [5.74, 6) is 1.12. The topological polar surface area (TPSA) is 58.9 Å². The van der Waals surface area contributed by atoms with Crippen LogP contribution in [0.25, 0.3) is 27.8 Å². The van der Waals surface area contributed by atoms with Gasteiger partial charge >= 0.3 is 0 Å². The lowest BCUT2D eigenvalue weighted by molar-refractivity contribution is 0.766. The minimum absolute atomic E-state index is 0.281. The van der Waals surface area contributed by atoms with Crippen LogP contribution in [0, 0.1) is 6.92 Å². The van der Waals surface area contributed by atoms with Crippen molar-refractivity contribution in [3.05, 3.63) is 46.9 Å². The Morgan fingerprint density at radius 3 is 2.83 bits per heavy atom. The van der Waals surface area contributed by atoms with Crippen molar-refractivity contribution < 1.29 is 0 Å². The highest BCUT2D eigenvalue weighted by atomic mass is 35.5. The number of nitrogens with one attached hydrogen (secondary N) is 1. The molecule has 3 aromatic heterocycles. The number of hydrogen-bond acceptors (Lipinski definition) is 3. The van der Waals surface area contributed by atoms with Gasteiger partial charge < -0.3 is 0 Å². The van der Waals surface area contributed by atoms with E-state index in [4.69, 9.17) is 11.6 Å². The molecule has 0 aliphatic rings. The van der Waals surface area contributed by atoms with E-state index >= 15 is 0 Å². The number of aromatic amines is 1. The molecule has 5 nitrogen and oxygen atoms in total. The van der Waals surface area contributed by atoms with Crippen LogP contribution in [-0.4, -0.2) is 24.8 Å². The summed E-state index contributed by atoms with van der Waals surface area (Å²) >= 11 is 6.40. The van der Waals surface area contributed by atoms with Crippen LogP contribution in [0.1, 0.15) is 31.2 Å². The maximum atomic E-state index is 6.40. The summed E-state index contributed by atoms with van der Waals surface area (Å²) in [7, 11) is 0. The molecule has 116 valence electrons. The average Bonchev–Trinajstić information content (AvgIpc) is 3.13. The van der Waals surface area contributed by atoms with Crippen LogP contribution in [0.4, 0.5) is 0 Å². The first-order valence-corrected chi connectivity index (χ1v) is 7.91. The van der Waals surface area contributed by atoms with Crippen LogP contribution in [0.15, 0.2) is 30.5 Å². The van der Waals surface area contributed by atoms with E-state index in [0.717, 1.165) is 39.2 Å². The number of rotatable bonds is 2. The van der Waals surface area contributed by atoms with Gasteiger partial charge in [0.1, 0.15) is 0 Å². The molecule has 4 rings (SSSR count). The second-order valence-corrected chi connectivity index (χ2v) is 6.46. The summed E-state index contributed by atoms with van der Waals surface area (Å²) in [6, 6.07) is 8.08. The minimum Gasteiger partial charge on any atom is -0.276 e. The van der Waals surface area contributed by atoms with Gasteiger partial charge in [-0.3, -0.25) is 5.10 Å². The molecule has 0 bridgehead atoms. The summed E-state index contributed by atoms with van der Waals surface area (Å²) in [6.45, 7) is 6.25. The lowest BCUT2D eigenvalue weighted by Gasteiger charge is -2.09. The summed E-state index contributed by atoms with van der Waals surface area (Å²) in [5, 5.41) is 13.3. The fraction of sp³-hybridized carbons (Fsp3) is 0.235. The monoisotopic (exact) mass is 325 g/mol. The first-order chi connectivity index (χ1) is 11.0. The number of fused-ring (bicyclic) bond motifs is 2. The smallest absolute Gasteiger partial charge is 0.156 e. The molecule has 23 heavy (non-hydrogen) atoms. The van der Waals surface area contributed by atoms with Crippen LogP contribution >= 0.6 is 11.6 Å².